The van der Waals surface area contributed by atoms with Gasteiger partial charge >= 0.3 is 5.69 Å². The summed E-state index contributed by atoms with van der Waals surface area (Å²) >= 11 is 0. The Morgan fingerprint density at radius 3 is 2.79 bits per heavy atom. The largest absolute Gasteiger partial charge is 0.351 e. The van der Waals surface area contributed by atoms with E-state index in [1.54, 1.807) is 18.3 Å². The van der Waals surface area contributed by atoms with Gasteiger partial charge < -0.3 is 5.32 Å². The Hall–Kier alpha value is -2.11. The van der Waals surface area contributed by atoms with Gasteiger partial charge in [-0.15, -0.1) is 5.10 Å². The standard InChI is InChI=1S/C18H24N4O2/c1-17(2)12-7-8-18(17,3)13(10-12)19-15(23)11-22-16(24)21-9-5-4-6-14(21)20-22/h4-6,9,12-13H,7-8,10-11H2,1-3H3,(H,19,23)/t12-,13+,18-/m0/s1. The molecular formula is C18H24N4O2. The zero-order chi connectivity index (χ0) is 17.1. The number of fused-ring (bicyclic) bond motifs is 3. The fraction of sp³-hybridized carbons (Fsp3) is 0.611. The normalized spacial score (nSPS) is 30.8. The van der Waals surface area contributed by atoms with Crippen molar-refractivity contribution in [2.75, 3.05) is 0 Å². The number of nitrogens with one attached hydrogen (secondary N) is 1. The predicted octanol–water partition coefficient (Wildman–Crippen LogP) is 1.83. The molecule has 2 saturated carbocycles. The molecule has 6 nitrogen and oxygen atoms in total. The summed E-state index contributed by atoms with van der Waals surface area (Å²) in [7, 11) is 0. The van der Waals surface area contributed by atoms with Gasteiger partial charge in [0.25, 0.3) is 0 Å². The average molecular weight is 328 g/mol. The van der Waals surface area contributed by atoms with Crippen LogP contribution in [0.5, 0.6) is 0 Å². The lowest BCUT2D eigenvalue weighted by molar-refractivity contribution is -0.123. The number of aromatic nitrogens is 3. The van der Waals surface area contributed by atoms with Crippen LogP contribution in [0.3, 0.4) is 0 Å². The van der Waals surface area contributed by atoms with Crippen LogP contribution in [0.1, 0.15) is 40.0 Å². The van der Waals surface area contributed by atoms with Crippen molar-refractivity contribution in [3.63, 3.8) is 0 Å². The van der Waals surface area contributed by atoms with Crippen LogP contribution >= 0.6 is 0 Å². The van der Waals surface area contributed by atoms with Gasteiger partial charge in [-0.2, -0.15) is 0 Å². The molecule has 1 N–H and O–H groups in total. The van der Waals surface area contributed by atoms with Gasteiger partial charge in [-0.25, -0.2) is 9.48 Å². The van der Waals surface area contributed by atoms with Gasteiger partial charge in [-0.1, -0.05) is 26.8 Å². The molecule has 3 atom stereocenters. The lowest BCUT2D eigenvalue weighted by Crippen LogP contribution is -2.48. The third-order valence-corrected chi connectivity index (χ3v) is 6.91. The number of carbonyl (C=O) groups excluding carboxylic acids is 1. The van der Waals surface area contributed by atoms with Crippen LogP contribution in [-0.2, 0) is 11.3 Å². The molecule has 1 amide bonds. The maximum Gasteiger partial charge on any atom is 0.350 e. The molecule has 2 aliphatic carbocycles. The first-order chi connectivity index (χ1) is 11.3. The second-order valence-corrected chi connectivity index (χ2v) is 8.10. The van der Waals surface area contributed by atoms with Gasteiger partial charge in [-0.05, 0) is 48.1 Å². The molecule has 2 heterocycles. The quantitative estimate of drug-likeness (QED) is 0.934. The number of amides is 1. The number of nitrogens with zero attached hydrogens (tertiary/aromatic N) is 3. The summed E-state index contributed by atoms with van der Waals surface area (Å²) in [5, 5.41) is 7.41. The minimum atomic E-state index is -0.278. The van der Waals surface area contributed by atoms with E-state index in [1.807, 2.05) is 6.07 Å². The Kier molecular flexibility index (Phi) is 3.18. The fourth-order valence-corrected chi connectivity index (χ4v) is 4.87. The lowest BCUT2D eigenvalue weighted by atomic mass is 9.69. The Bertz CT molecular complexity index is 865. The molecule has 2 aromatic heterocycles. The Morgan fingerprint density at radius 2 is 2.17 bits per heavy atom. The molecule has 128 valence electrons. The molecule has 2 aliphatic rings. The van der Waals surface area contributed by atoms with Gasteiger partial charge in [0, 0.05) is 12.2 Å². The number of hydrogen-bond donors (Lipinski definition) is 1. The zero-order valence-corrected chi connectivity index (χ0v) is 14.5. The van der Waals surface area contributed by atoms with E-state index >= 15 is 0 Å². The smallest absolute Gasteiger partial charge is 0.350 e. The van der Waals surface area contributed by atoms with Crippen molar-refractivity contribution in [3.05, 3.63) is 34.9 Å². The summed E-state index contributed by atoms with van der Waals surface area (Å²) in [4.78, 5) is 24.8. The van der Waals surface area contributed by atoms with Crippen molar-refractivity contribution in [2.45, 2.75) is 52.6 Å². The van der Waals surface area contributed by atoms with Gasteiger partial charge in [0.15, 0.2) is 5.65 Å². The lowest BCUT2D eigenvalue weighted by Gasteiger charge is -2.39. The van der Waals surface area contributed by atoms with E-state index < -0.39 is 0 Å². The maximum atomic E-state index is 12.5. The molecule has 0 aromatic carbocycles. The summed E-state index contributed by atoms with van der Waals surface area (Å²) in [6.07, 6.45) is 5.11. The second kappa shape index (κ2) is 4.94. The highest BCUT2D eigenvalue weighted by Crippen LogP contribution is 2.65. The van der Waals surface area contributed by atoms with Gasteiger partial charge in [-0.3, -0.25) is 9.20 Å². The van der Waals surface area contributed by atoms with Crippen molar-refractivity contribution < 1.29 is 4.79 Å². The van der Waals surface area contributed by atoms with Crippen molar-refractivity contribution >= 4 is 11.6 Å². The van der Waals surface area contributed by atoms with Crippen LogP contribution in [0.2, 0.25) is 0 Å². The highest BCUT2D eigenvalue weighted by atomic mass is 16.2. The number of carbonyl (C=O) groups is 1. The van der Waals surface area contributed by atoms with E-state index in [0.29, 0.717) is 11.6 Å². The van der Waals surface area contributed by atoms with Crippen LogP contribution in [0.15, 0.2) is 29.2 Å². The van der Waals surface area contributed by atoms with Crippen LogP contribution in [0.25, 0.3) is 5.65 Å². The van der Waals surface area contributed by atoms with E-state index in [4.69, 9.17) is 0 Å². The van der Waals surface area contributed by atoms with Crippen LogP contribution in [-0.4, -0.2) is 26.1 Å². The summed E-state index contributed by atoms with van der Waals surface area (Å²) in [6.45, 7) is 6.91. The highest BCUT2D eigenvalue weighted by molar-refractivity contribution is 5.76. The minimum Gasteiger partial charge on any atom is -0.351 e. The molecular weight excluding hydrogens is 304 g/mol. The van der Waals surface area contributed by atoms with Gasteiger partial charge in [0.05, 0.1) is 0 Å². The first-order valence-electron chi connectivity index (χ1n) is 8.66. The fourth-order valence-electron chi connectivity index (χ4n) is 4.87. The van der Waals surface area contributed by atoms with Gasteiger partial charge in [0.1, 0.15) is 6.54 Å². The second-order valence-electron chi connectivity index (χ2n) is 8.10. The Balaban J connectivity index is 1.52. The number of rotatable bonds is 3. The Labute approximate surface area is 140 Å². The average Bonchev–Trinajstić information content (AvgIpc) is 3.03. The molecule has 6 heteroatoms. The number of pyridine rings is 1. The first kappa shape index (κ1) is 15.4. The molecule has 24 heavy (non-hydrogen) atoms. The molecule has 2 bridgehead atoms. The van der Waals surface area contributed by atoms with Gasteiger partial charge in [0.2, 0.25) is 5.91 Å². The molecule has 0 radical (unpaired) electrons. The molecule has 0 aliphatic heterocycles. The van der Waals surface area contributed by atoms with Crippen LogP contribution in [0, 0.1) is 16.7 Å². The number of hydrogen-bond acceptors (Lipinski definition) is 3. The topological polar surface area (TPSA) is 68.4 Å². The molecule has 2 fully saturated rings. The highest BCUT2D eigenvalue weighted by Gasteiger charge is 2.61. The third kappa shape index (κ3) is 1.98. The van der Waals surface area contributed by atoms with Crippen molar-refractivity contribution in [1.29, 1.82) is 0 Å². The van der Waals surface area contributed by atoms with Crippen molar-refractivity contribution in [3.8, 4) is 0 Å². The molecule has 0 unspecified atom stereocenters. The van der Waals surface area contributed by atoms with Crippen molar-refractivity contribution in [1.82, 2.24) is 19.5 Å². The maximum absolute atomic E-state index is 12.5. The van der Waals surface area contributed by atoms with E-state index in [2.05, 4.69) is 31.2 Å². The van der Waals surface area contributed by atoms with E-state index in [1.165, 1.54) is 15.5 Å². The molecule has 0 saturated heterocycles. The zero-order valence-electron chi connectivity index (χ0n) is 14.5. The van der Waals surface area contributed by atoms with Crippen LogP contribution in [0.4, 0.5) is 0 Å². The minimum absolute atomic E-state index is 0.0296. The first-order valence-corrected chi connectivity index (χ1v) is 8.66. The monoisotopic (exact) mass is 328 g/mol. The summed E-state index contributed by atoms with van der Waals surface area (Å²) in [5.74, 6) is 0.542. The SMILES string of the molecule is CC1(C)[C@H]2CC[C@@]1(C)[C@H](NC(=O)Cn1nc3ccccn3c1=O)C2. The van der Waals surface area contributed by atoms with E-state index in [0.717, 1.165) is 12.8 Å². The summed E-state index contributed by atoms with van der Waals surface area (Å²) in [5.41, 5.74) is 0.672. The molecule has 4 rings (SSSR count). The third-order valence-electron chi connectivity index (χ3n) is 6.91. The molecule has 0 spiro atoms. The van der Waals surface area contributed by atoms with E-state index in [9.17, 15) is 9.59 Å². The summed E-state index contributed by atoms with van der Waals surface area (Å²) < 4.78 is 2.70. The predicted molar refractivity (Wildman–Crippen MR) is 90.6 cm³/mol. The Morgan fingerprint density at radius 1 is 1.38 bits per heavy atom. The van der Waals surface area contributed by atoms with Crippen LogP contribution < -0.4 is 11.0 Å². The van der Waals surface area contributed by atoms with E-state index in [-0.39, 0.29) is 35.0 Å². The summed E-state index contributed by atoms with van der Waals surface area (Å²) in [6, 6.07) is 5.55. The van der Waals surface area contributed by atoms with Crippen molar-refractivity contribution in [2.24, 2.45) is 16.7 Å². The molecule has 2 aromatic rings.